The van der Waals surface area contributed by atoms with Gasteiger partial charge < -0.3 is 24.1 Å². The summed E-state index contributed by atoms with van der Waals surface area (Å²) in [5.74, 6) is 2.09. The van der Waals surface area contributed by atoms with Crippen LogP contribution in [0.3, 0.4) is 0 Å². The Balaban J connectivity index is 3.00. The van der Waals surface area contributed by atoms with Crippen molar-refractivity contribution in [3.63, 3.8) is 0 Å². The lowest BCUT2D eigenvalue weighted by Crippen LogP contribution is -2.27. The summed E-state index contributed by atoms with van der Waals surface area (Å²) in [5, 5.41) is 9.62. The molecule has 0 amide bonds. The Morgan fingerprint density at radius 2 is 1.50 bits per heavy atom. The number of methoxy groups -OCH3 is 3. The van der Waals surface area contributed by atoms with E-state index in [2.05, 4.69) is 0 Å². The lowest BCUT2D eigenvalue weighted by molar-refractivity contribution is 0.0283. The van der Waals surface area contributed by atoms with Crippen molar-refractivity contribution in [1.29, 1.82) is 0 Å². The molecule has 1 rings (SSSR count). The molecule has 5 nitrogen and oxygen atoms in total. The SMILES string of the molecule is COc1cc(OCC(C)(C)O)cc(OC)c1OC. The van der Waals surface area contributed by atoms with Crippen molar-refractivity contribution < 1.29 is 24.1 Å². The molecule has 18 heavy (non-hydrogen) atoms. The summed E-state index contributed by atoms with van der Waals surface area (Å²) in [5.41, 5.74) is -0.902. The Hall–Kier alpha value is -1.62. The maximum atomic E-state index is 9.62. The van der Waals surface area contributed by atoms with E-state index in [1.54, 1.807) is 26.0 Å². The Labute approximate surface area is 107 Å². The smallest absolute Gasteiger partial charge is 0.203 e. The minimum Gasteiger partial charge on any atom is -0.493 e. The van der Waals surface area contributed by atoms with Gasteiger partial charge in [-0.2, -0.15) is 0 Å². The summed E-state index contributed by atoms with van der Waals surface area (Å²) in [6.07, 6.45) is 0. The fraction of sp³-hybridized carbons (Fsp3) is 0.538. The number of rotatable bonds is 6. The van der Waals surface area contributed by atoms with Gasteiger partial charge in [0.05, 0.1) is 26.9 Å². The van der Waals surface area contributed by atoms with Gasteiger partial charge in [-0.05, 0) is 13.8 Å². The number of hydrogen-bond donors (Lipinski definition) is 1. The van der Waals surface area contributed by atoms with Gasteiger partial charge in [0.25, 0.3) is 0 Å². The molecular weight excluding hydrogens is 236 g/mol. The Kier molecular flexibility index (Phi) is 4.67. The molecule has 102 valence electrons. The molecule has 0 spiro atoms. The molecule has 0 aromatic heterocycles. The first-order valence-corrected chi connectivity index (χ1v) is 5.56. The zero-order valence-corrected chi connectivity index (χ0v) is 11.4. The summed E-state index contributed by atoms with van der Waals surface area (Å²) in [6, 6.07) is 3.38. The quantitative estimate of drug-likeness (QED) is 0.842. The number of hydrogen-bond acceptors (Lipinski definition) is 5. The van der Waals surface area contributed by atoms with Crippen LogP contribution < -0.4 is 18.9 Å². The van der Waals surface area contributed by atoms with Crippen molar-refractivity contribution in [1.82, 2.24) is 0 Å². The molecule has 0 aliphatic carbocycles. The first kappa shape index (κ1) is 14.4. The van der Waals surface area contributed by atoms with Crippen molar-refractivity contribution in [2.24, 2.45) is 0 Å². The first-order chi connectivity index (χ1) is 8.41. The van der Waals surface area contributed by atoms with Crippen LogP contribution in [0.2, 0.25) is 0 Å². The monoisotopic (exact) mass is 256 g/mol. The average Bonchev–Trinajstić information content (AvgIpc) is 2.33. The lowest BCUT2D eigenvalue weighted by atomic mass is 10.2. The van der Waals surface area contributed by atoms with Crippen LogP contribution in [0.25, 0.3) is 0 Å². The molecule has 5 heteroatoms. The molecule has 1 N–H and O–H groups in total. The van der Waals surface area contributed by atoms with Crippen molar-refractivity contribution in [3.8, 4) is 23.0 Å². The Morgan fingerprint density at radius 3 is 1.83 bits per heavy atom. The summed E-state index contributed by atoms with van der Waals surface area (Å²) in [4.78, 5) is 0. The molecule has 0 bridgehead atoms. The second-order valence-corrected chi connectivity index (χ2v) is 4.46. The molecule has 0 atom stereocenters. The van der Waals surface area contributed by atoms with Crippen LogP contribution in [0, 0.1) is 0 Å². The van der Waals surface area contributed by atoms with Crippen LogP contribution in [-0.2, 0) is 0 Å². The molecule has 0 saturated carbocycles. The Morgan fingerprint density at radius 1 is 1.00 bits per heavy atom. The van der Waals surface area contributed by atoms with Crippen LogP contribution in [0.5, 0.6) is 23.0 Å². The van der Waals surface area contributed by atoms with Gasteiger partial charge in [0.15, 0.2) is 11.5 Å². The third kappa shape index (κ3) is 3.70. The van der Waals surface area contributed by atoms with E-state index in [0.29, 0.717) is 23.0 Å². The van der Waals surface area contributed by atoms with Gasteiger partial charge in [-0.3, -0.25) is 0 Å². The van der Waals surface area contributed by atoms with E-state index in [0.717, 1.165) is 0 Å². The third-order valence-electron chi connectivity index (χ3n) is 2.23. The molecule has 1 aromatic rings. The minimum atomic E-state index is -0.902. The number of benzene rings is 1. The fourth-order valence-electron chi connectivity index (χ4n) is 1.40. The summed E-state index contributed by atoms with van der Waals surface area (Å²) in [6.45, 7) is 3.52. The van der Waals surface area contributed by atoms with Crippen LogP contribution in [0.4, 0.5) is 0 Å². The Bertz CT molecular complexity index is 370. The fourth-order valence-corrected chi connectivity index (χ4v) is 1.40. The maximum absolute atomic E-state index is 9.62. The molecule has 0 unspecified atom stereocenters. The lowest BCUT2D eigenvalue weighted by Gasteiger charge is -2.19. The molecule has 0 radical (unpaired) electrons. The largest absolute Gasteiger partial charge is 0.493 e. The van der Waals surface area contributed by atoms with Gasteiger partial charge in [0.2, 0.25) is 5.75 Å². The predicted octanol–water partition coefficient (Wildman–Crippen LogP) is 1.86. The molecule has 0 heterocycles. The third-order valence-corrected chi connectivity index (χ3v) is 2.23. The van der Waals surface area contributed by atoms with Crippen LogP contribution >= 0.6 is 0 Å². The van der Waals surface area contributed by atoms with Crippen molar-refractivity contribution in [2.75, 3.05) is 27.9 Å². The highest BCUT2D eigenvalue weighted by Crippen LogP contribution is 2.40. The zero-order chi connectivity index (χ0) is 13.8. The van der Waals surface area contributed by atoms with Crippen molar-refractivity contribution >= 4 is 0 Å². The van der Waals surface area contributed by atoms with Crippen LogP contribution in [0.1, 0.15) is 13.8 Å². The summed E-state index contributed by atoms with van der Waals surface area (Å²) >= 11 is 0. The second-order valence-electron chi connectivity index (χ2n) is 4.46. The minimum absolute atomic E-state index is 0.172. The topological polar surface area (TPSA) is 57.2 Å². The summed E-state index contributed by atoms with van der Waals surface area (Å²) < 4.78 is 21.1. The van der Waals surface area contributed by atoms with Gasteiger partial charge in [-0.1, -0.05) is 0 Å². The first-order valence-electron chi connectivity index (χ1n) is 5.56. The standard InChI is InChI=1S/C13H20O5/c1-13(2,14)8-18-9-6-10(15-3)12(17-5)11(7-9)16-4/h6-7,14H,8H2,1-5H3. The normalized spacial score (nSPS) is 11.0. The van der Waals surface area contributed by atoms with E-state index < -0.39 is 5.60 Å². The molecular formula is C13H20O5. The van der Waals surface area contributed by atoms with Crippen LogP contribution in [0.15, 0.2) is 12.1 Å². The van der Waals surface area contributed by atoms with E-state index in [1.807, 2.05) is 0 Å². The number of ether oxygens (including phenoxy) is 4. The van der Waals surface area contributed by atoms with Crippen LogP contribution in [-0.4, -0.2) is 38.6 Å². The average molecular weight is 256 g/mol. The van der Waals surface area contributed by atoms with Gasteiger partial charge in [-0.25, -0.2) is 0 Å². The van der Waals surface area contributed by atoms with E-state index in [4.69, 9.17) is 18.9 Å². The van der Waals surface area contributed by atoms with E-state index in [1.165, 1.54) is 21.3 Å². The maximum Gasteiger partial charge on any atom is 0.203 e. The predicted molar refractivity (Wildman–Crippen MR) is 67.9 cm³/mol. The molecule has 0 aliphatic heterocycles. The molecule has 0 saturated heterocycles. The van der Waals surface area contributed by atoms with E-state index >= 15 is 0 Å². The van der Waals surface area contributed by atoms with E-state index in [9.17, 15) is 5.11 Å². The highest BCUT2D eigenvalue weighted by atomic mass is 16.5. The van der Waals surface area contributed by atoms with Crippen molar-refractivity contribution in [3.05, 3.63) is 12.1 Å². The molecule has 0 aliphatic rings. The summed E-state index contributed by atoms with van der Waals surface area (Å²) in [7, 11) is 4.62. The second kappa shape index (κ2) is 5.82. The van der Waals surface area contributed by atoms with E-state index in [-0.39, 0.29) is 6.61 Å². The van der Waals surface area contributed by atoms with Gasteiger partial charge in [0.1, 0.15) is 12.4 Å². The molecule has 0 fully saturated rings. The van der Waals surface area contributed by atoms with Crippen molar-refractivity contribution in [2.45, 2.75) is 19.4 Å². The van der Waals surface area contributed by atoms with Gasteiger partial charge >= 0.3 is 0 Å². The zero-order valence-electron chi connectivity index (χ0n) is 11.4. The number of aliphatic hydroxyl groups is 1. The molecule has 1 aromatic carbocycles. The highest BCUT2D eigenvalue weighted by molar-refractivity contribution is 5.55. The highest BCUT2D eigenvalue weighted by Gasteiger charge is 2.17. The van der Waals surface area contributed by atoms with Gasteiger partial charge in [-0.15, -0.1) is 0 Å². The van der Waals surface area contributed by atoms with Gasteiger partial charge in [0, 0.05) is 12.1 Å².